The van der Waals surface area contributed by atoms with E-state index in [1.165, 1.54) is 16.7 Å². The van der Waals surface area contributed by atoms with Gasteiger partial charge in [0.2, 0.25) is 0 Å². The minimum absolute atomic E-state index is 0.152. The molecule has 0 amide bonds. The average Bonchev–Trinajstić information content (AvgIpc) is 3.19. The number of rotatable bonds is 4. The predicted molar refractivity (Wildman–Crippen MR) is 107 cm³/mol. The van der Waals surface area contributed by atoms with Crippen molar-refractivity contribution in [2.45, 2.75) is 50.5 Å². The smallest absolute Gasteiger partial charge is 0.189 e. The summed E-state index contributed by atoms with van der Waals surface area (Å²) in [6.45, 7) is 8.97. The van der Waals surface area contributed by atoms with Gasteiger partial charge in [-0.15, -0.1) is 0 Å². The van der Waals surface area contributed by atoms with E-state index >= 15 is 0 Å². The summed E-state index contributed by atoms with van der Waals surface area (Å²) in [4.78, 5) is 13.0. The Morgan fingerprint density at radius 1 is 0.963 bits per heavy atom. The standard InChI is InChI=1S/C25H24O2/c1-23(2)19-14-17(22(26)16-10-8-9-11-16)15-20-21(19)25(23,24(20,3)4)27-18-12-6-5-7-13-18/h5-10,12-15H,11H2,1-4H3. The molecule has 0 heterocycles. The minimum atomic E-state index is -0.345. The molecule has 0 saturated carbocycles. The fourth-order valence-electron chi connectivity index (χ4n) is 5.57. The fourth-order valence-corrected chi connectivity index (χ4v) is 5.57. The topological polar surface area (TPSA) is 26.3 Å². The number of carbonyl (C=O) groups is 1. The van der Waals surface area contributed by atoms with Gasteiger partial charge >= 0.3 is 0 Å². The third kappa shape index (κ3) is 1.79. The molecule has 0 radical (unpaired) electrons. The van der Waals surface area contributed by atoms with Crippen molar-refractivity contribution in [2.75, 3.05) is 0 Å². The quantitative estimate of drug-likeness (QED) is 0.665. The molecule has 0 aliphatic heterocycles. The van der Waals surface area contributed by atoms with Gasteiger partial charge in [0.1, 0.15) is 5.75 Å². The molecule has 0 unspecified atom stereocenters. The normalized spacial score (nSPS) is 21.6. The van der Waals surface area contributed by atoms with Crippen molar-refractivity contribution in [1.82, 2.24) is 0 Å². The van der Waals surface area contributed by atoms with Crippen LogP contribution in [0.2, 0.25) is 0 Å². The highest BCUT2D eigenvalue weighted by atomic mass is 16.5. The van der Waals surface area contributed by atoms with Gasteiger partial charge in [-0.2, -0.15) is 0 Å². The molecule has 0 aromatic heterocycles. The van der Waals surface area contributed by atoms with E-state index < -0.39 is 0 Å². The Kier molecular flexibility index (Phi) is 3.07. The summed E-state index contributed by atoms with van der Waals surface area (Å²) in [6, 6.07) is 14.3. The number of Topliss-reactive ketones (excluding diaryl/α,β-unsaturated/α-hetero) is 1. The van der Waals surface area contributed by atoms with Crippen LogP contribution in [0.25, 0.3) is 0 Å². The summed E-state index contributed by atoms with van der Waals surface area (Å²) in [6.07, 6.45) is 6.67. The first kappa shape index (κ1) is 16.6. The van der Waals surface area contributed by atoms with Crippen LogP contribution in [0.3, 0.4) is 0 Å². The van der Waals surface area contributed by atoms with Crippen LogP contribution in [0.1, 0.15) is 61.2 Å². The number of benzene rings is 2. The monoisotopic (exact) mass is 356 g/mol. The Hall–Kier alpha value is -2.61. The Morgan fingerprint density at radius 2 is 1.59 bits per heavy atom. The molecule has 0 spiro atoms. The van der Waals surface area contributed by atoms with E-state index in [0.717, 1.165) is 23.3 Å². The molecule has 5 rings (SSSR count). The van der Waals surface area contributed by atoms with E-state index in [0.29, 0.717) is 0 Å². The van der Waals surface area contributed by atoms with E-state index in [9.17, 15) is 4.79 Å². The number of ether oxygens (including phenoxy) is 1. The van der Waals surface area contributed by atoms with Gasteiger partial charge in [0.15, 0.2) is 11.4 Å². The molecule has 0 N–H and O–H groups in total. The van der Waals surface area contributed by atoms with Gasteiger partial charge in [0.25, 0.3) is 0 Å². The van der Waals surface area contributed by atoms with Crippen molar-refractivity contribution >= 4 is 5.78 Å². The van der Waals surface area contributed by atoms with Crippen molar-refractivity contribution in [1.29, 1.82) is 0 Å². The van der Waals surface area contributed by atoms with Gasteiger partial charge in [-0.25, -0.2) is 0 Å². The molecule has 27 heavy (non-hydrogen) atoms. The molecule has 3 aliphatic rings. The lowest BCUT2D eigenvalue weighted by atomic mass is 9.36. The molecule has 0 saturated heterocycles. The van der Waals surface area contributed by atoms with Crippen LogP contribution in [0.5, 0.6) is 5.75 Å². The molecule has 0 bridgehead atoms. The van der Waals surface area contributed by atoms with Crippen LogP contribution < -0.4 is 4.74 Å². The maximum absolute atomic E-state index is 13.0. The van der Waals surface area contributed by atoms with E-state index in [-0.39, 0.29) is 22.2 Å². The molecular weight excluding hydrogens is 332 g/mol. The number of carbonyl (C=O) groups excluding carboxylic acids is 1. The molecule has 0 fully saturated rings. The molecular formula is C25H24O2. The second kappa shape index (κ2) is 5.01. The first-order valence-corrected chi connectivity index (χ1v) is 9.64. The number of allylic oxidation sites excluding steroid dienone is 4. The second-order valence-electron chi connectivity index (χ2n) is 8.95. The SMILES string of the molecule is CC1(C)c2cc(C(=O)C3=CC=CC3)cc3c2C1(Oc1ccccc1)C3(C)C. The largest absolute Gasteiger partial charge is 0.481 e. The highest BCUT2D eigenvalue weighted by Gasteiger charge is 2.75. The van der Waals surface area contributed by atoms with Crippen molar-refractivity contribution in [2.24, 2.45) is 0 Å². The number of para-hydroxylation sites is 1. The molecule has 2 aromatic carbocycles. The van der Waals surface area contributed by atoms with Crippen molar-refractivity contribution < 1.29 is 9.53 Å². The van der Waals surface area contributed by atoms with E-state index in [1.54, 1.807) is 0 Å². The number of hydrogen-bond acceptors (Lipinski definition) is 2. The van der Waals surface area contributed by atoms with Crippen LogP contribution in [0, 0.1) is 0 Å². The molecule has 2 heteroatoms. The Morgan fingerprint density at radius 3 is 2.15 bits per heavy atom. The maximum atomic E-state index is 13.0. The second-order valence-corrected chi connectivity index (χ2v) is 8.95. The summed E-state index contributed by atoms with van der Waals surface area (Å²) < 4.78 is 6.67. The summed E-state index contributed by atoms with van der Waals surface area (Å²) in [5.74, 6) is 1.05. The van der Waals surface area contributed by atoms with Gasteiger partial charge in [-0.3, -0.25) is 4.79 Å². The van der Waals surface area contributed by atoms with Crippen molar-refractivity contribution in [3.63, 3.8) is 0 Å². The van der Waals surface area contributed by atoms with Crippen LogP contribution in [0.15, 0.2) is 66.3 Å². The van der Waals surface area contributed by atoms with Gasteiger partial charge < -0.3 is 4.74 Å². The zero-order chi connectivity index (χ0) is 19.0. The lowest BCUT2D eigenvalue weighted by Gasteiger charge is -2.71. The first-order valence-electron chi connectivity index (χ1n) is 9.64. The summed E-state index contributed by atoms with van der Waals surface area (Å²) in [5.41, 5.74) is 4.82. The van der Waals surface area contributed by atoms with Gasteiger partial charge in [-0.05, 0) is 41.8 Å². The average molecular weight is 356 g/mol. The highest BCUT2D eigenvalue weighted by Crippen LogP contribution is 2.73. The van der Waals surface area contributed by atoms with E-state index in [1.807, 2.05) is 48.6 Å². The predicted octanol–water partition coefficient (Wildman–Crippen LogP) is 5.61. The molecule has 3 aliphatic carbocycles. The van der Waals surface area contributed by atoms with E-state index in [2.05, 4.69) is 39.8 Å². The van der Waals surface area contributed by atoms with Crippen LogP contribution in [0.4, 0.5) is 0 Å². The van der Waals surface area contributed by atoms with E-state index in [4.69, 9.17) is 4.74 Å². The molecule has 2 aromatic rings. The van der Waals surface area contributed by atoms with Crippen molar-refractivity contribution in [3.8, 4) is 5.75 Å². The Bertz CT molecular complexity index is 998. The summed E-state index contributed by atoms with van der Waals surface area (Å²) in [7, 11) is 0. The molecule has 0 atom stereocenters. The number of hydrogen-bond donors (Lipinski definition) is 0. The highest BCUT2D eigenvalue weighted by molar-refractivity contribution is 6.10. The maximum Gasteiger partial charge on any atom is 0.189 e. The summed E-state index contributed by atoms with van der Waals surface area (Å²) in [5, 5.41) is 0. The zero-order valence-electron chi connectivity index (χ0n) is 16.3. The van der Waals surface area contributed by atoms with Crippen LogP contribution in [-0.4, -0.2) is 5.78 Å². The van der Waals surface area contributed by atoms with Gasteiger partial charge in [0.05, 0.1) is 0 Å². The molecule has 2 nitrogen and oxygen atoms in total. The third-order valence-electron chi connectivity index (χ3n) is 6.94. The fraction of sp³-hybridized carbons (Fsp3) is 0.320. The Balaban J connectivity index is 1.62. The van der Waals surface area contributed by atoms with Gasteiger partial charge in [-0.1, -0.05) is 64.1 Å². The minimum Gasteiger partial charge on any atom is -0.481 e. The lowest BCUT2D eigenvalue weighted by Crippen LogP contribution is -2.75. The van der Waals surface area contributed by atoms with Crippen LogP contribution >= 0.6 is 0 Å². The van der Waals surface area contributed by atoms with Gasteiger partial charge in [0, 0.05) is 27.5 Å². The van der Waals surface area contributed by atoms with Crippen molar-refractivity contribution in [3.05, 3.63) is 88.5 Å². The molecule has 136 valence electrons. The Labute approximate surface area is 160 Å². The zero-order valence-corrected chi connectivity index (χ0v) is 16.3. The number of ketones is 1. The third-order valence-corrected chi connectivity index (χ3v) is 6.94. The first-order chi connectivity index (χ1) is 12.8. The summed E-state index contributed by atoms with van der Waals surface area (Å²) >= 11 is 0. The van der Waals surface area contributed by atoms with Crippen LogP contribution in [-0.2, 0) is 16.4 Å². The lowest BCUT2D eigenvalue weighted by molar-refractivity contribution is -0.127.